The lowest BCUT2D eigenvalue weighted by Gasteiger charge is -2.16. The summed E-state index contributed by atoms with van der Waals surface area (Å²) in [6.45, 7) is 5.46. The number of aryl methyl sites for hydroxylation is 1. The van der Waals surface area contributed by atoms with Crippen molar-refractivity contribution < 1.29 is 9.18 Å². The zero-order chi connectivity index (χ0) is 12.1. The van der Waals surface area contributed by atoms with Gasteiger partial charge < -0.3 is 4.90 Å². The minimum Gasteiger partial charge on any atom is -0.315 e. The van der Waals surface area contributed by atoms with E-state index in [4.69, 9.17) is 0 Å². The summed E-state index contributed by atoms with van der Waals surface area (Å²) < 4.78 is 13.5. The Labute approximate surface area is 95.4 Å². The van der Waals surface area contributed by atoms with Gasteiger partial charge in [0.1, 0.15) is 5.82 Å². The van der Waals surface area contributed by atoms with Gasteiger partial charge in [-0.3, -0.25) is 4.79 Å². The van der Waals surface area contributed by atoms with Crippen molar-refractivity contribution in [1.82, 2.24) is 4.90 Å². The molecule has 0 unspecified atom stereocenters. The number of benzene rings is 1. The Bertz CT molecular complexity index is 412. The van der Waals surface area contributed by atoms with E-state index in [1.807, 2.05) is 13.8 Å². The van der Waals surface area contributed by atoms with E-state index in [1.54, 1.807) is 24.4 Å². The highest BCUT2D eigenvalue weighted by atomic mass is 19.1. The van der Waals surface area contributed by atoms with Crippen LogP contribution in [-0.4, -0.2) is 10.8 Å². The Morgan fingerprint density at radius 3 is 2.75 bits per heavy atom. The molecule has 3 heteroatoms. The molecule has 1 rings (SSSR count). The van der Waals surface area contributed by atoms with Crippen LogP contribution in [0.3, 0.4) is 0 Å². The van der Waals surface area contributed by atoms with Gasteiger partial charge >= 0.3 is 0 Å². The predicted molar refractivity (Wildman–Crippen MR) is 62.2 cm³/mol. The number of halogens is 1. The summed E-state index contributed by atoms with van der Waals surface area (Å²) in [5.41, 5.74) is 1.52. The van der Waals surface area contributed by atoms with Crippen LogP contribution in [0.5, 0.6) is 0 Å². The third-order valence-electron chi connectivity index (χ3n) is 2.28. The Kier molecular flexibility index (Phi) is 4.23. The van der Waals surface area contributed by atoms with Gasteiger partial charge in [-0.05, 0) is 19.9 Å². The summed E-state index contributed by atoms with van der Waals surface area (Å²) in [7, 11) is 0. The van der Waals surface area contributed by atoms with Crippen molar-refractivity contribution in [3.63, 3.8) is 0 Å². The third kappa shape index (κ3) is 3.19. The van der Waals surface area contributed by atoms with Gasteiger partial charge in [-0.15, -0.1) is 0 Å². The second kappa shape index (κ2) is 5.45. The number of carbonyl (C=O) groups excluding carboxylic acids is 1. The highest BCUT2D eigenvalue weighted by Crippen LogP contribution is 2.13. The molecule has 0 heterocycles. The van der Waals surface area contributed by atoms with E-state index in [0.717, 1.165) is 5.56 Å². The molecule has 0 spiro atoms. The standard InChI is InChI=1S/C13H16FNO/c1-4-7-15(11(3)16)9-12-8-10(2)5-6-13(12)14/h4-8H,9H2,1-3H3/b7-4-. The average Bonchev–Trinajstić information content (AvgIpc) is 2.22. The molecule has 0 radical (unpaired) electrons. The summed E-state index contributed by atoms with van der Waals surface area (Å²) in [5, 5.41) is 0. The van der Waals surface area contributed by atoms with E-state index in [0.29, 0.717) is 5.56 Å². The minimum atomic E-state index is -0.277. The van der Waals surface area contributed by atoms with Crippen molar-refractivity contribution in [2.75, 3.05) is 0 Å². The van der Waals surface area contributed by atoms with Crippen molar-refractivity contribution in [3.05, 3.63) is 47.4 Å². The molecule has 0 saturated carbocycles. The summed E-state index contributed by atoms with van der Waals surface area (Å²) in [4.78, 5) is 12.8. The monoisotopic (exact) mass is 221 g/mol. The zero-order valence-electron chi connectivity index (χ0n) is 9.83. The van der Waals surface area contributed by atoms with Crippen LogP contribution >= 0.6 is 0 Å². The molecular weight excluding hydrogens is 205 g/mol. The molecule has 16 heavy (non-hydrogen) atoms. The highest BCUT2D eigenvalue weighted by molar-refractivity contribution is 5.74. The second-order valence-corrected chi connectivity index (χ2v) is 3.72. The van der Waals surface area contributed by atoms with Crippen molar-refractivity contribution in [3.8, 4) is 0 Å². The molecule has 1 aromatic rings. The van der Waals surface area contributed by atoms with Crippen LogP contribution in [0.4, 0.5) is 4.39 Å². The molecule has 1 aromatic carbocycles. The van der Waals surface area contributed by atoms with E-state index in [-0.39, 0.29) is 18.3 Å². The van der Waals surface area contributed by atoms with Gasteiger partial charge in [-0.25, -0.2) is 4.39 Å². The quantitative estimate of drug-likeness (QED) is 0.768. The molecule has 0 aliphatic carbocycles. The SMILES string of the molecule is C/C=C\N(Cc1cc(C)ccc1F)C(C)=O. The maximum absolute atomic E-state index is 13.5. The zero-order valence-corrected chi connectivity index (χ0v) is 9.83. The number of hydrogen-bond acceptors (Lipinski definition) is 1. The van der Waals surface area contributed by atoms with Gasteiger partial charge in [0, 0.05) is 18.7 Å². The fraction of sp³-hybridized carbons (Fsp3) is 0.308. The van der Waals surface area contributed by atoms with Gasteiger partial charge in [0.2, 0.25) is 5.91 Å². The van der Waals surface area contributed by atoms with Crippen molar-refractivity contribution in [1.29, 1.82) is 0 Å². The summed E-state index contributed by atoms with van der Waals surface area (Å²) >= 11 is 0. The van der Waals surface area contributed by atoms with Crippen molar-refractivity contribution in [2.45, 2.75) is 27.3 Å². The molecule has 2 nitrogen and oxygen atoms in total. The number of nitrogens with zero attached hydrogens (tertiary/aromatic N) is 1. The summed E-state index contributed by atoms with van der Waals surface area (Å²) in [5.74, 6) is -0.375. The first-order valence-electron chi connectivity index (χ1n) is 5.19. The number of rotatable bonds is 3. The number of hydrogen-bond donors (Lipinski definition) is 0. The minimum absolute atomic E-state index is 0.0981. The molecule has 0 aromatic heterocycles. The van der Waals surface area contributed by atoms with Gasteiger partial charge in [0.05, 0.1) is 6.54 Å². The Morgan fingerprint density at radius 2 is 2.19 bits per heavy atom. The lowest BCUT2D eigenvalue weighted by Crippen LogP contribution is -2.22. The first-order chi connectivity index (χ1) is 7.54. The first kappa shape index (κ1) is 12.4. The average molecular weight is 221 g/mol. The van der Waals surface area contributed by atoms with Gasteiger partial charge in [-0.1, -0.05) is 23.8 Å². The van der Waals surface area contributed by atoms with E-state index >= 15 is 0 Å². The highest BCUT2D eigenvalue weighted by Gasteiger charge is 2.09. The van der Waals surface area contributed by atoms with Crippen LogP contribution in [0.1, 0.15) is 25.0 Å². The third-order valence-corrected chi connectivity index (χ3v) is 2.28. The Hall–Kier alpha value is -1.64. The second-order valence-electron chi connectivity index (χ2n) is 3.72. The van der Waals surface area contributed by atoms with E-state index in [1.165, 1.54) is 17.9 Å². The molecule has 86 valence electrons. The molecule has 0 aliphatic heterocycles. The van der Waals surface area contributed by atoms with Gasteiger partial charge in [0.15, 0.2) is 0 Å². The normalized spacial score (nSPS) is 10.8. The largest absolute Gasteiger partial charge is 0.315 e. The molecule has 0 fully saturated rings. The molecular formula is C13H16FNO. The maximum atomic E-state index is 13.5. The predicted octanol–water partition coefficient (Wildman–Crippen LogP) is 3.02. The molecule has 0 N–H and O–H groups in total. The van der Waals surface area contributed by atoms with Crippen LogP contribution in [0.25, 0.3) is 0 Å². The first-order valence-corrected chi connectivity index (χ1v) is 5.19. The van der Waals surface area contributed by atoms with Crippen LogP contribution in [-0.2, 0) is 11.3 Å². The smallest absolute Gasteiger partial charge is 0.223 e. The molecule has 0 atom stereocenters. The van der Waals surface area contributed by atoms with Crippen LogP contribution < -0.4 is 0 Å². The van der Waals surface area contributed by atoms with Crippen molar-refractivity contribution >= 4 is 5.91 Å². The maximum Gasteiger partial charge on any atom is 0.223 e. The van der Waals surface area contributed by atoms with Crippen LogP contribution in [0, 0.1) is 12.7 Å². The lowest BCUT2D eigenvalue weighted by molar-refractivity contribution is -0.126. The summed E-state index contributed by atoms with van der Waals surface area (Å²) in [6.07, 6.45) is 3.42. The topological polar surface area (TPSA) is 20.3 Å². The number of allylic oxidation sites excluding steroid dienone is 1. The van der Waals surface area contributed by atoms with Crippen LogP contribution in [0.2, 0.25) is 0 Å². The van der Waals surface area contributed by atoms with Crippen LogP contribution in [0.15, 0.2) is 30.5 Å². The van der Waals surface area contributed by atoms with E-state index in [2.05, 4.69) is 0 Å². The Morgan fingerprint density at radius 1 is 1.50 bits per heavy atom. The molecule has 0 aliphatic rings. The van der Waals surface area contributed by atoms with E-state index < -0.39 is 0 Å². The van der Waals surface area contributed by atoms with E-state index in [9.17, 15) is 9.18 Å². The summed E-state index contributed by atoms with van der Waals surface area (Å²) in [6, 6.07) is 4.90. The number of amides is 1. The fourth-order valence-electron chi connectivity index (χ4n) is 1.46. The lowest BCUT2D eigenvalue weighted by atomic mass is 10.1. The van der Waals surface area contributed by atoms with Gasteiger partial charge in [-0.2, -0.15) is 0 Å². The number of carbonyl (C=O) groups is 1. The van der Waals surface area contributed by atoms with Gasteiger partial charge in [0.25, 0.3) is 0 Å². The Balaban J connectivity index is 2.93. The molecule has 0 bridgehead atoms. The van der Waals surface area contributed by atoms with Crippen molar-refractivity contribution in [2.24, 2.45) is 0 Å². The molecule has 1 amide bonds. The molecule has 0 saturated heterocycles. The fourth-order valence-corrected chi connectivity index (χ4v) is 1.46.